The lowest BCUT2D eigenvalue weighted by molar-refractivity contribution is -0.141. The third kappa shape index (κ3) is 4.42. The molecule has 0 fully saturated rings. The zero-order valence-corrected chi connectivity index (χ0v) is 16.3. The molecule has 0 aliphatic heterocycles. The maximum Gasteiger partial charge on any atom is 0.327 e. The average molecular weight is 373 g/mol. The van der Waals surface area contributed by atoms with Gasteiger partial charge in [-0.15, -0.1) is 0 Å². The van der Waals surface area contributed by atoms with E-state index in [2.05, 4.69) is 5.32 Å². The van der Waals surface area contributed by atoms with Crippen molar-refractivity contribution in [1.29, 1.82) is 0 Å². The summed E-state index contributed by atoms with van der Waals surface area (Å²) in [6.45, 7) is 9.24. The van der Waals surface area contributed by atoms with Crippen LogP contribution in [-0.2, 0) is 21.4 Å². The van der Waals surface area contributed by atoms with E-state index >= 15 is 0 Å². The van der Waals surface area contributed by atoms with Crippen LogP contribution in [0.4, 0.5) is 4.39 Å². The van der Waals surface area contributed by atoms with E-state index in [-0.39, 0.29) is 11.3 Å². The number of amides is 1. The molecule has 2 unspecified atom stereocenters. The van der Waals surface area contributed by atoms with Crippen molar-refractivity contribution in [2.24, 2.45) is 0 Å². The summed E-state index contributed by atoms with van der Waals surface area (Å²) in [7, 11) is 0. The summed E-state index contributed by atoms with van der Waals surface area (Å²) >= 11 is 6.04. The van der Waals surface area contributed by atoms with Crippen LogP contribution in [-0.4, -0.2) is 34.3 Å². The Morgan fingerprint density at radius 1 is 1.12 bits per heavy atom. The molecule has 134 valence electrons. The van der Waals surface area contributed by atoms with Crippen molar-refractivity contribution >= 4 is 29.7 Å². The highest BCUT2D eigenvalue weighted by molar-refractivity contribution is 8.15. The summed E-state index contributed by atoms with van der Waals surface area (Å²) in [4.78, 5) is 23.5. The van der Waals surface area contributed by atoms with Gasteiger partial charge >= 0.3 is 5.97 Å². The molecule has 0 aliphatic rings. The van der Waals surface area contributed by atoms with Gasteiger partial charge in [0.25, 0.3) is 0 Å². The SMILES string of the molecule is CC(=O)NC(C(=O)O)C(c1ccc(F)cc1)P(=S)(C(C)C)C(C)C. The summed E-state index contributed by atoms with van der Waals surface area (Å²) in [6.07, 6.45) is 0. The van der Waals surface area contributed by atoms with Crippen LogP contribution < -0.4 is 5.32 Å². The largest absolute Gasteiger partial charge is 0.480 e. The molecule has 1 aromatic carbocycles. The van der Waals surface area contributed by atoms with E-state index in [0.717, 1.165) is 0 Å². The Morgan fingerprint density at radius 2 is 1.58 bits per heavy atom. The van der Waals surface area contributed by atoms with E-state index in [0.29, 0.717) is 5.56 Å². The fourth-order valence-corrected chi connectivity index (χ4v) is 7.57. The number of aliphatic carboxylic acids is 1. The molecule has 0 aliphatic carbocycles. The molecule has 0 saturated heterocycles. The zero-order valence-electron chi connectivity index (χ0n) is 14.6. The van der Waals surface area contributed by atoms with E-state index in [1.165, 1.54) is 19.1 Å². The van der Waals surface area contributed by atoms with Crippen LogP contribution in [0, 0.1) is 5.82 Å². The second-order valence-corrected chi connectivity index (χ2v) is 12.5. The van der Waals surface area contributed by atoms with Gasteiger partial charge in [0, 0.05) is 12.6 Å². The second kappa shape index (κ2) is 8.21. The quantitative estimate of drug-likeness (QED) is 0.715. The molecule has 1 amide bonds. The van der Waals surface area contributed by atoms with Crippen molar-refractivity contribution in [3.63, 3.8) is 0 Å². The molecule has 24 heavy (non-hydrogen) atoms. The maximum atomic E-state index is 13.3. The van der Waals surface area contributed by atoms with Crippen LogP contribution in [0.3, 0.4) is 0 Å². The number of halogens is 1. The fraction of sp³-hybridized carbons (Fsp3) is 0.529. The van der Waals surface area contributed by atoms with Gasteiger partial charge in [0.15, 0.2) is 0 Å². The van der Waals surface area contributed by atoms with Crippen LogP contribution in [0.25, 0.3) is 0 Å². The van der Waals surface area contributed by atoms with Gasteiger partial charge in [0.05, 0.1) is 0 Å². The third-order valence-corrected chi connectivity index (χ3v) is 12.1. The first-order valence-corrected chi connectivity index (χ1v) is 10.9. The fourth-order valence-electron chi connectivity index (χ4n) is 3.05. The highest BCUT2D eigenvalue weighted by atomic mass is 32.4. The Morgan fingerprint density at radius 3 is 1.92 bits per heavy atom. The van der Waals surface area contributed by atoms with E-state index in [4.69, 9.17) is 11.8 Å². The molecule has 0 aromatic heterocycles. The van der Waals surface area contributed by atoms with Gasteiger partial charge in [-0.1, -0.05) is 51.6 Å². The molecule has 1 aromatic rings. The van der Waals surface area contributed by atoms with Gasteiger partial charge in [-0.2, -0.15) is 0 Å². The van der Waals surface area contributed by atoms with Gasteiger partial charge in [0.2, 0.25) is 5.91 Å². The minimum absolute atomic E-state index is 0.0816. The van der Waals surface area contributed by atoms with Gasteiger partial charge in [-0.05, 0) is 35.1 Å². The molecule has 0 spiro atoms. The first kappa shape index (κ1) is 20.8. The molecule has 0 bridgehead atoms. The number of carbonyl (C=O) groups is 2. The van der Waals surface area contributed by atoms with E-state index in [9.17, 15) is 19.1 Å². The van der Waals surface area contributed by atoms with Gasteiger partial charge < -0.3 is 10.4 Å². The normalized spacial score (nSPS) is 14.5. The van der Waals surface area contributed by atoms with Crippen LogP contribution in [0.5, 0.6) is 0 Å². The molecule has 1 rings (SSSR count). The number of carboxylic acid groups (broad SMARTS) is 1. The first-order valence-electron chi connectivity index (χ1n) is 7.86. The van der Waals surface area contributed by atoms with Gasteiger partial charge in [0.1, 0.15) is 11.9 Å². The molecule has 2 N–H and O–H groups in total. The van der Waals surface area contributed by atoms with Crippen molar-refractivity contribution in [3.8, 4) is 0 Å². The monoisotopic (exact) mass is 373 g/mol. The molecular formula is C17H25FNO3PS. The van der Waals surface area contributed by atoms with Crippen molar-refractivity contribution in [3.05, 3.63) is 35.6 Å². The van der Waals surface area contributed by atoms with Crippen LogP contribution in [0.2, 0.25) is 0 Å². The lowest BCUT2D eigenvalue weighted by Gasteiger charge is -2.41. The van der Waals surface area contributed by atoms with Crippen molar-refractivity contribution in [2.75, 3.05) is 0 Å². The van der Waals surface area contributed by atoms with Crippen LogP contribution >= 0.6 is 6.04 Å². The van der Waals surface area contributed by atoms with Crippen LogP contribution in [0.1, 0.15) is 45.8 Å². The second-order valence-electron chi connectivity index (χ2n) is 6.46. The Kier molecular flexibility index (Phi) is 7.11. The van der Waals surface area contributed by atoms with Crippen molar-refractivity contribution < 1.29 is 19.1 Å². The summed E-state index contributed by atoms with van der Waals surface area (Å²) < 4.78 is 13.3. The summed E-state index contributed by atoms with van der Waals surface area (Å²) in [5.74, 6) is -1.95. The number of nitrogens with one attached hydrogen (secondary N) is 1. The number of carbonyl (C=O) groups excluding carboxylic acids is 1. The van der Waals surface area contributed by atoms with E-state index in [1.54, 1.807) is 12.1 Å². The number of hydrogen-bond acceptors (Lipinski definition) is 3. The summed E-state index contributed by atoms with van der Waals surface area (Å²) in [5, 5.41) is 12.3. The van der Waals surface area contributed by atoms with Gasteiger partial charge in [-0.3, -0.25) is 4.79 Å². The summed E-state index contributed by atoms with van der Waals surface area (Å²) in [6, 6.07) is 2.35. The van der Waals surface area contributed by atoms with Crippen molar-refractivity contribution in [1.82, 2.24) is 5.32 Å². The lowest BCUT2D eigenvalue weighted by Crippen LogP contribution is -2.45. The minimum atomic E-state index is -2.26. The Balaban J connectivity index is 3.61. The van der Waals surface area contributed by atoms with E-state index in [1.807, 2.05) is 27.7 Å². The Bertz CT molecular complexity index is 634. The lowest BCUT2D eigenvalue weighted by atomic mass is 10.0. The molecule has 0 saturated carbocycles. The van der Waals surface area contributed by atoms with Crippen LogP contribution in [0.15, 0.2) is 24.3 Å². The zero-order chi connectivity index (χ0) is 18.7. The minimum Gasteiger partial charge on any atom is -0.480 e. The Labute approximate surface area is 147 Å². The standard InChI is InChI=1S/C17H25FNO3PS/c1-10(2)23(24,11(3)4)16(13-6-8-14(18)9-7-13)15(17(21)22)19-12(5)20/h6-11,15-16H,1-5H3,(H,19,20)(H,21,22). The molecule has 7 heteroatoms. The Hall–Kier alpha value is -1.26. The van der Waals surface area contributed by atoms with E-state index < -0.39 is 35.4 Å². The molecule has 0 radical (unpaired) electrons. The first-order chi connectivity index (χ1) is 11.0. The number of hydrogen-bond donors (Lipinski definition) is 2. The predicted octanol–water partition coefficient (Wildman–Crippen LogP) is 3.75. The number of benzene rings is 1. The molecular weight excluding hydrogens is 348 g/mol. The highest BCUT2D eigenvalue weighted by Crippen LogP contribution is 2.67. The maximum absolute atomic E-state index is 13.3. The molecule has 4 nitrogen and oxygen atoms in total. The topological polar surface area (TPSA) is 66.4 Å². The average Bonchev–Trinajstić information content (AvgIpc) is 2.47. The van der Waals surface area contributed by atoms with Gasteiger partial charge in [-0.25, -0.2) is 9.18 Å². The molecule has 2 atom stereocenters. The predicted molar refractivity (Wildman–Crippen MR) is 98.9 cm³/mol. The van der Waals surface area contributed by atoms with Crippen molar-refractivity contribution in [2.45, 2.75) is 57.6 Å². The molecule has 0 heterocycles. The smallest absolute Gasteiger partial charge is 0.327 e. The third-order valence-electron chi connectivity index (χ3n) is 4.20. The number of carboxylic acids is 1. The number of rotatable bonds is 7. The highest BCUT2D eigenvalue weighted by Gasteiger charge is 2.43. The summed E-state index contributed by atoms with van der Waals surface area (Å²) in [5.41, 5.74) is 0.258.